The van der Waals surface area contributed by atoms with Gasteiger partial charge in [0, 0.05) is 12.3 Å². The minimum Gasteiger partial charge on any atom is -0.457 e. The van der Waals surface area contributed by atoms with Crippen molar-refractivity contribution in [2.45, 2.75) is 45.6 Å². The second kappa shape index (κ2) is 3.69. The molecule has 0 unspecified atom stereocenters. The number of carbonyl (C=O) groups is 2. The summed E-state index contributed by atoms with van der Waals surface area (Å²) in [5.41, 5.74) is 0.0204. The highest BCUT2D eigenvalue weighted by Crippen LogP contribution is 2.53. The molecule has 19 heavy (non-hydrogen) atoms. The number of aliphatic hydroxyl groups is 1. The molecule has 4 heteroatoms. The summed E-state index contributed by atoms with van der Waals surface area (Å²) in [5, 5.41) is 10.8. The maximum Gasteiger partial charge on any atom is 0.342 e. The summed E-state index contributed by atoms with van der Waals surface area (Å²) in [7, 11) is 0. The van der Waals surface area contributed by atoms with E-state index in [1.54, 1.807) is 6.92 Å². The van der Waals surface area contributed by atoms with Gasteiger partial charge in [-0.05, 0) is 36.7 Å². The van der Waals surface area contributed by atoms with Gasteiger partial charge < -0.3 is 9.84 Å². The molecule has 3 atom stereocenters. The molecule has 0 radical (unpaired) electrons. The van der Waals surface area contributed by atoms with Crippen LogP contribution in [0.2, 0.25) is 0 Å². The van der Waals surface area contributed by atoms with Crippen molar-refractivity contribution >= 4 is 11.8 Å². The minimum atomic E-state index is -0.931. The average molecular weight is 264 g/mol. The Balaban J connectivity index is 2.07. The van der Waals surface area contributed by atoms with Crippen LogP contribution in [0.25, 0.3) is 0 Å². The summed E-state index contributed by atoms with van der Waals surface area (Å²) in [5.74, 6) is -0.913. The Bertz CT molecular complexity index is 498. The van der Waals surface area contributed by atoms with Crippen LogP contribution in [0.1, 0.15) is 40.0 Å². The summed E-state index contributed by atoms with van der Waals surface area (Å²) >= 11 is 0. The van der Waals surface area contributed by atoms with E-state index in [2.05, 4.69) is 13.8 Å². The smallest absolute Gasteiger partial charge is 0.342 e. The first-order valence-corrected chi connectivity index (χ1v) is 6.87. The molecule has 0 saturated heterocycles. The molecule has 0 aromatic carbocycles. The lowest BCUT2D eigenvalue weighted by Gasteiger charge is -2.32. The normalized spacial score (nSPS) is 40.8. The van der Waals surface area contributed by atoms with Gasteiger partial charge in [-0.3, -0.25) is 4.79 Å². The minimum absolute atomic E-state index is 0.0373. The topological polar surface area (TPSA) is 63.6 Å². The van der Waals surface area contributed by atoms with Crippen LogP contribution in [0.5, 0.6) is 0 Å². The fourth-order valence-corrected chi connectivity index (χ4v) is 4.09. The first-order valence-electron chi connectivity index (χ1n) is 6.87. The Kier molecular flexibility index (Phi) is 2.50. The zero-order chi connectivity index (χ0) is 14.0. The second-order valence-corrected chi connectivity index (χ2v) is 7.24. The number of cyclic esters (lactones) is 1. The molecule has 1 heterocycles. The molecule has 2 aliphatic carbocycles. The van der Waals surface area contributed by atoms with Crippen molar-refractivity contribution in [3.8, 4) is 0 Å². The fourth-order valence-electron chi connectivity index (χ4n) is 4.09. The van der Waals surface area contributed by atoms with Crippen LogP contribution in [-0.4, -0.2) is 29.1 Å². The Morgan fingerprint density at radius 2 is 1.89 bits per heavy atom. The first kappa shape index (κ1) is 12.9. The van der Waals surface area contributed by atoms with Crippen LogP contribution in [0, 0.1) is 17.3 Å². The average Bonchev–Trinajstić information content (AvgIpc) is 2.76. The molecule has 3 aliphatic rings. The van der Waals surface area contributed by atoms with E-state index in [9.17, 15) is 14.7 Å². The van der Waals surface area contributed by atoms with Crippen LogP contribution in [0.4, 0.5) is 0 Å². The molecule has 1 saturated carbocycles. The molecule has 1 aliphatic heterocycles. The van der Waals surface area contributed by atoms with E-state index < -0.39 is 11.6 Å². The standard InChI is InChI=1S/C15H20O4/c1-14(2)5-9-10(6-14)15(3,18)4-8-7-19-13(17)11(8)12(9)16/h9-10,18H,4-7H2,1-3H3/t9-,10+,15+/m1/s1. The van der Waals surface area contributed by atoms with Gasteiger partial charge in [0.15, 0.2) is 5.78 Å². The maximum absolute atomic E-state index is 12.6. The molecule has 104 valence electrons. The predicted octanol–water partition coefficient (Wildman–Crippen LogP) is 1.62. The van der Waals surface area contributed by atoms with Crippen molar-refractivity contribution in [3.63, 3.8) is 0 Å². The highest BCUT2D eigenvalue weighted by molar-refractivity contribution is 6.20. The van der Waals surface area contributed by atoms with Gasteiger partial charge >= 0.3 is 5.97 Å². The number of hydrogen-bond acceptors (Lipinski definition) is 4. The number of ether oxygens (including phenoxy) is 1. The summed E-state index contributed by atoms with van der Waals surface area (Å²) in [6.45, 7) is 6.19. The van der Waals surface area contributed by atoms with Gasteiger partial charge in [-0.25, -0.2) is 4.79 Å². The number of rotatable bonds is 0. The third-order valence-electron chi connectivity index (χ3n) is 4.92. The van der Waals surface area contributed by atoms with E-state index in [1.165, 1.54) is 0 Å². The SMILES string of the molecule is CC1(C)C[C@H]2C(=O)C3=C(COC3=O)C[C@](C)(O)[C@H]2C1. The summed E-state index contributed by atoms with van der Waals surface area (Å²) < 4.78 is 4.97. The van der Waals surface area contributed by atoms with Crippen molar-refractivity contribution in [3.05, 3.63) is 11.1 Å². The molecule has 0 amide bonds. The van der Waals surface area contributed by atoms with Crippen molar-refractivity contribution < 1.29 is 19.4 Å². The van der Waals surface area contributed by atoms with Crippen LogP contribution in [-0.2, 0) is 14.3 Å². The molecule has 1 fully saturated rings. The van der Waals surface area contributed by atoms with E-state index in [0.29, 0.717) is 12.0 Å². The van der Waals surface area contributed by atoms with Crippen molar-refractivity contribution in [2.75, 3.05) is 6.61 Å². The highest BCUT2D eigenvalue weighted by atomic mass is 16.5. The summed E-state index contributed by atoms with van der Waals surface area (Å²) in [6.07, 6.45) is 1.93. The molecular weight excluding hydrogens is 244 g/mol. The number of carbonyl (C=O) groups excluding carboxylic acids is 2. The van der Waals surface area contributed by atoms with E-state index in [4.69, 9.17) is 4.74 Å². The van der Waals surface area contributed by atoms with Gasteiger partial charge in [-0.2, -0.15) is 0 Å². The van der Waals surface area contributed by atoms with E-state index in [1.807, 2.05) is 0 Å². The number of fused-ring (bicyclic) bond motifs is 1. The molecule has 0 aromatic heterocycles. The third kappa shape index (κ3) is 1.84. The molecule has 3 rings (SSSR count). The monoisotopic (exact) mass is 264 g/mol. The predicted molar refractivity (Wildman–Crippen MR) is 68.2 cm³/mol. The van der Waals surface area contributed by atoms with Crippen molar-refractivity contribution in [1.82, 2.24) is 0 Å². The van der Waals surface area contributed by atoms with Crippen LogP contribution in [0.15, 0.2) is 11.1 Å². The van der Waals surface area contributed by atoms with Gasteiger partial charge in [-0.15, -0.1) is 0 Å². The Labute approximate surface area is 112 Å². The zero-order valence-electron chi connectivity index (χ0n) is 11.7. The summed E-state index contributed by atoms with van der Waals surface area (Å²) in [4.78, 5) is 24.4. The van der Waals surface area contributed by atoms with E-state index >= 15 is 0 Å². The van der Waals surface area contributed by atoms with Gasteiger partial charge in [0.25, 0.3) is 0 Å². The summed E-state index contributed by atoms with van der Waals surface area (Å²) in [6, 6.07) is 0. The molecule has 0 spiro atoms. The largest absolute Gasteiger partial charge is 0.457 e. The maximum atomic E-state index is 12.6. The first-order chi connectivity index (χ1) is 8.71. The molecule has 0 bridgehead atoms. The zero-order valence-corrected chi connectivity index (χ0v) is 11.7. The van der Waals surface area contributed by atoms with Crippen LogP contribution in [0.3, 0.4) is 0 Å². The quantitative estimate of drug-likeness (QED) is 0.533. The number of ketones is 1. The van der Waals surface area contributed by atoms with Gasteiger partial charge in [0.05, 0.1) is 5.60 Å². The molecule has 0 aromatic rings. The van der Waals surface area contributed by atoms with Crippen molar-refractivity contribution in [2.24, 2.45) is 17.3 Å². The van der Waals surface area contributed by atoms with Gasteiger partial charge in [-0.1, -0.05) is 13.8 Å². The number of Topliss-reactive ketones (excluding diaryl/α,β-unsaturated/α-hetero) is 1. The fraction of sp³-hybridized carbons (Fsp3) is 0.733. The van der Waals surface area contributed by atoms with Crippen LogP contribution >= 0.6 is 0 Å². The number of esters is 1. The lowest BCUT2D eigenvalue weighted by molar-refractivity contribution is -0.139. The molecule has 4 nitrogen and oxygen atoms in total. The lowest BCUT2D eigenvalue weighted by atomic mass is 9.78. The number of hydrogen-bond donors (Lipinski definition) is 1. The Morgan fingerprint density at radius 3 is 2.58 bits per heavy atom. The highest BCUT2D eigenvalue weighted by Gasteiger charge is 2.54. The third-order valence-corrected chi connectivity index (χ3v) is 4.92. The van der Waals surface area contributed by atoms with Gasteiger partial charge in [0.1, 0.15) is 12.2 Å². The molecular formula is C15H20O4. The van der Waals surface area contributed by atoms with E-state index in [-0.39, 0.29) is 35.2 Å². The van der Waals surface area contributed by atoms with Crippen molar-refractivity contribution in [1.29, 1.82) is 0 Å². The molecule has 1 N–H and O–H groups in total. The Hall–Kier alpha value is -1.16. The van der Waals surface area contributed by atoms with Crippen LogP contribution < -0.4 is 0 Å². The van der Waals surface area contributed by atoms with E-state index in [0.717, 1.165) is 12.8 Å². The second-order valence-electron chi connectivity index (χ2n) is 7.24. The van der Waals surface area contributed by atoms with Gasteiger partial charge in [0.2, 0.25) is 0 Å². The lowest BCUT2D eigenvalue weighted by Crippen LogP contribution is -2.38. The Morgan fingerprint density at radius 1 is 1.21 bits per heavy atom.